The molecule has 4 nitrogen and oxygen atoms in total. The lowest BCUT2D eigenvalue weighted by atomic mass is 10.3. The Balaban J connectivity index is 1.55. The van der Waals surface area contributed by atoms with E-state index >= 15 is 0 Å². The molecule has 0 spiro atoms. The fourth-order valence-electron chi connectivity index (χ4n) is 3.41. The van der Waals surface area contributed by atoms with Crippen LogP contribution in [0.25, 0.3) is 22.1 Å². The Hall–Kier alpha value is -2.27. The van der Waals surface area contributed by atoms with Crippen LogP contribution in [0.4, 0.5) is 0 Å². The number of rotatable bonds is 6. The number of aryl methyl sites for hydroxylation is 2. The van der Waals surface area contributed by atoms with Gasteiger partial charge in [0.15, 0.2) is 0 Å². The molecule has 0 aliphatic carbocycles. The summed E-state index contributed by atoms with van der Waals surface area (Å²) in [5.41, 5.74) is 4.62. The lowest BCUT2D eigenvalue weighted by molar-refractivity contribution is 0.743. The van der Waals surface area contributed by atoms with Gasteiger partial charge < -0.3 is 9.13 Å². The van der Waals surface area contributed by atoms with Crippen molar-refractivity contribution in [1.82, 2.24) is 19.1 Å². The summed E-state index contributed by atoms with van der Waals surface area (Å²) in [6.45, 7) is 6.26. The van der Waals surface area contributed by atoms with Crippen molar-refractivity contribution >= 4 is 33.8 Å². The summed E-state index contributed by atoms with van der Waals surface area (Å²) >= 11 is 1.88. The van der Waals surface area contributed by atoms with Crippen LogP contribution in [0.3, 0.4) is 0 Å². The minimum Gasteiger partial charge on any atom is -0.328 e. The second-order valence-electron chi connectivity index (χ2n) is 6.01. The zero-order valence-corrected chi connectivity index (χ0v) is 15.5. The largest absolute Gasteiger partial charge is 0.328 e. The number of imidazole rings is 2. The molecule has 2 aromatic heterocycles. The second kappa shape index (κ2) is 6.92. The van der Waals surface area contributed by atoms with Crippen molar-refractivity contribution in [2.45, 2.75) is 38.4 Å². The third kappa shape index (κ3) is 2.93. The van der Waals surface area contributed by atoms with Crippen molar-refractivity contribution in [1.29, 1.82) is 0 Å². The number of aromatic nitrogens is 4. The molecule has 0 fully saturated rings. The van der Waals surface area contributed by atoms with E-state index in [9.17, 15) is 0 Å². The van der Waals surface area contributed by atoms with Gasteiger partial charge in [0.25, 0.3) is 0 Å². The number of benzene rings is 2. The van der Waals surface area contributed by atoms with E-state index in [0.29, 0.717) is 0 Å². The first-order chi connectivity index (χ1) is 12.3. The highest BCUT2D eigenvalue weighted by Gasteiger charge is 2.12. The normalized spacial score (nSPS) is 11.6. The van der Waals surface area contributed by atoms with Gasteiger partial charge in [-0.2, -0.15) is 0 Å². The Labute approximate surface area is 151 Å². The van der Waals surface area contributed by atoms with E-state index in [1.165, 1.54) is 11.0 Å². The number of fused-ring (bicyclic) bond motifs is 2. The smallest absolute Gasteiger partial charge is 0.119 e. The van der Waals surface area contributed by atoms with Crippen LogP contribution in [-0.2, 0) is 24.6 Å². The first-order valence-corrected chi connectivity index (χ1v) is 9.93. The molecule has 2 heterocycles. The molecule has 128 valence electrons. The summed E-state index contributed by atoms with van der Waals surface area (Å²) in [6, 6.07) is 16.7. The monoisotopic (exact) mass is 350 g/mol. The Morgan fingerprint density at radius 2 is 1.16 bits per heavy atom. The van der Waals surface area contributed by atoms with E-state index in [2.05, 4.69) is 71.5 Å². The third-order valence-electron chi connectivity index (χ3n) is 4.56. The summed E-state index contributed by atoms with van der Waals surface area (Å²) in [5, 5.41) is 0. The SMILES string of the molecule is CCn1c(CSCc2nc3ccccc3n2CC)nc2ccccc21. The highest BCUT2D eigenvalue weighted by atomic mass is 32.2. The molecule has 0 aliphatic rings. The summed E-state index contributed by atoms with van der Waals surface area (Å²) in [5.74, 6) is 4.09. The lowest BCUT2D eigenvalue weighted by Gasteiger charge is -2.07. The van der Waals surface area contributed by atoms with Crippen LogP contribution in [0.5, 0.6) is 0 Å². The van der Waals surface area contributed by atoms with Crippen LogP contribution < -0.4 is 0 Å². The van der Waals surface area contributed by atoms with Gasteiger partial charge in [-0.3, -0.25) is 0 Å². The molecule has 2 aromatic carbocycles. The van der Waals surface area contributed by atoms with Gasteiger partial charge in [-0.25, -0.2) is 9.97 Å². The van der Waals surface area contributed by atoms with Crippen LogP contribution in [-0.4, -0.2) is 19.1 Å². The van der Waals surface area contributed by atoms with Gasteiger partial charge in [0, 0.05) is 13.1 Å². The van der Waals surface area contributed by atoms with Gasteiger partial charge in [0.1, 0.15) is 11.6 Å². The van der Waals surface area contributed by atoms with E-state index in [4.69, 9.17) is 9.97 Å². The molecule has 0 atom stereocenters. The quantitative estimate of drug-likeness (QED) is 0.498. The first kappa shape index (κ1) is 16.2. The average Bonchev–Trinajstić information content (AvgIpc) is 3.18. The number of hydrogen-bond acceptors (Lipinski definition) is 3. The summed E-state index contributed by atoms with van der Waals surface area (Å²) in [6.07, 6.45) is 0. The van der Waals surface area contributed by atoms with Gasteiger partial charge in [-0.1, -0.05) is 24.3 Å². The molecule has 0 unspecified atom stereocenters. The van der Waals surface area contributed by atoms with E-state index in [-0.39, 0.29) is 0 Å². The van der Waals surface area contributed by atoms with Crippen molar-refractivity contribution in [3.8, 4) is 0 Å². The zero-order chi connectivity index (χ0) is 17.2. The molecular formula is C20H22N4S. The van der Waals surface area contributed by atoms with Gasteiger partial charge in [-0.15, -0.1) is 11.8 Å². The van der Waals surface area contributed by atoms with E-state index in [0.717, 1.165) is 47.3 Å². The fraction of sp³-hybridized carbons (Fsp3) is 0.300. The molecular weight excluding hydrogens is 328 g/mol. The number of thioether (sulfide) groups is 1. The highest BCUT2D eigenvalue weighted by molar-refractivity contribution is 7.97. The Morgan fingerprint density at radius 1 is 0.720 bits per heavy atom. The topological polar surface area (TPSA) is 35.6 Å². The molecule has 5 heteroatoms. The number of nitrogens with zero attached hydrogens (tertiary/aromatic N) is 4. The molecule has 0 saturated carbocycles. The van der Waals surface area contributed by atoms with Gasteiger partial charge in [-0.05, 0) is 38.1 Å². The molecule has 0 bridgehead atoms. The molecule has 25 heavy (non-hydrogen) atoms. The van der Waals surface area contributed by atoms with E-state index in [1.807, 2.05) is 11.8 Å². The maximum atomic E-state index is 4.81. The molecule has 0 saturated heterocycles. The standard InChI is InChI=1S/C20H22N4S/c1-3-23-17-11-7-5-9-15(17)21-19(23)13-25-14-20-22-16-10-6-8-12-18(16)24(20)4-2/h5-12H,3-4,13-14H2,1-2H3. The second-order valence-corrected chi connectivity index (χ2v) is 7.00. The summed E-state index contributed by atoms with van der Waals surface area (Å²) in [4.78, 5) is 9.63. The van der Waals surface area contributed by atoms with E-state index in [1.54, 1.807) is 0 Å². The molecule has 0 N–H and O–H groups in total. The van der Waals surface area contributed by atoms with Crippen molar-refractivity contribution in [3.63, 3.8) is 0 Å². The lowest BCUT2D eigenvalue weighted by Crippen LogP contribution is -2.02. The molecule has 4 aromatic rings. The zero-order valence-electron chi connectivity index (χ0n) is 14.6. The van der Waals surface area contributed by atoms with Gasteiger partial charge >= 0.3 is 0 Å². The fourth-order valence-corrected chi connectivity index (χ4v) is 4.32. The maximum absolute atomic E-state index is 4.81. The van der Waals surface area contributed by atoms with Crippen LogP contribution in [0.2, 0.25) is 0 Å². The van der Waals surface area contributed by atoms with Crippen LogP contribution in [0.1, 0.15) is 25.5 Å². The summed E-state index contributed by atoms with van der Waals surface area (Å²) < 4.78 is 4.62. The summed E-state index contributed by atoms with van der Waals surface area (Å²) in [7, 11) is 0. The Morgan fingerprint density at radius 3 is 1.60 bits per heavy atom. The first-order valence-electron chi connectivity index (χ1n) is 8.77. The number of para-hydroxylation sites is 4. The molecule has 0 radical (unpaired) electrons. The van der Waals surface area contributed by atoms with Gasteiger partial charge in [0.05, 0.1) is 33.6 Å². The Bertz CT molecular complexity index is 933. The van der Waals surface area contributed by atoms with Crippen molar-refractivity contribution in [2.75, 3.05) is 0 Å². The molecule has 4 rings (SSSR count). The average molecular weight is 350 g/mol. The van der Waals surface area contributed by atoms with E-state index < -0.39 is 0 Å². The minimum absolute atomic E-state index is 0.898. The van der Waals surface area contributed by atoms with Gasteiger partial charge in [0.2, 0.25) is 0 Å². The minimum atomic E-state index is 0.898. The third-order valence-corrected chi connectivity index (χ3v) is 5.49. The van der Waals surface area contributed by atoms with Crippen molar-refractivity contribution in [3.05, 3.63) is 60.2 Å². The maximum Gasteiger partial charge on any atom is 0.119 e. The van der Waals surface area contributed by atoms with Crippen LogP contribution in [0.15, 0.2) is 48.5 Å². The van der Waals surface area contributed by atoms with Crippen molar-refractivity contribution in [2.24, 2.45) is 0 Å². The molecule has 0 amide bonds. The van der Waals surface area contributed by atoms with Crippen LogP contribution >= 0.6 is 11.8 Å². The number of hydrogen-bond donors (Lipinski definition) is 0. The van der Waals surface area contributed by atoms with Crippen LogP contribution in [0, 0.1) is 0 Å². The predicted molar refractivity (Wildman–Crippen MR) is 106 cm³/mol. The Kier molecular flexibility index (Phi) is 4.49. The van der Waals surface area contributed by atoms with Crippen molar-refractivity contribution < 1.29 is 0 Å². The highest BCUT2D eigenvalue weighted by Crippen LogP contribution is 2.24. The molecule has 0 aliphatic heterocycles. The predicted octanol–water partition coefficient (Wildman–Crippen LogP) is 4.86.